The molecule has 1 saturated heterocycles. The van der Waals surface area contributed by atoms with Crippen LogP contribution in [0.15, 0.2) is 42.6 Å². The van der Waals surface area contributed by atoms with Crippen LogP contribution in [0.5, 0.6) is 0 Å². The summed E-state index contributed by atoms with van der Waals surface area (Å²) in [5, 5.41) is 0. The minimum Gasteiger partial charge on any atom is -0.366 e. The Morgan fingerprint density at radius 2 is 2.00 bits per heavy atom. The van der Waals surface area contributed by atoms with Gasteiger partial charge in [0.05, 0.1) is 5.56 Å². The maximum Gasteiger partial charge on any atom is 0.270 e. The van der Waals surface area contributed by atoms with Gasteiger partial charge in [0.1, 0.15) is 5.69 Å². The largest absolute Gasteiger partial charge is 0.366 e. The van der Waals surface area contributed by atoms with Gasteiger partial charge in [0.25, 0.3) is 5.91 Å². The first-order chi connectivity index (χ1) is 12.0. The molecule has 25 heavy (non-hydrogen) atoms. The molecule has 2 heterocycles. The van der Waals surface area contributed by atoms with Gasteiger partial charge < -0.3 is 15.6 Å². The zero-order chi connectivity index (χ0) is 17.8. The summed E-state index contributed by atoms with van der Waals surface area (Å²) in [7, 11) is 0. The topological polar surface area (TPSA) is 82.4 Å². The molecule has 1 atom stereocenters. The molecule has 132 valence electrons. The van der Waals surface area contributed by atoms with Gasteiger partial charge in [0, 0.05) is 38.4 Å². The number of hydrogen-bond acceptors (Lipinski definition) is 3. The Morgan fingerprint density at radius 3 is 2.68 bits per heavy atom. The molecule has 1 aliphatic rings. The molecule has 0 bridgehead atoms. The monoisotopic (exact) mass is 340 g/mol. The van der Waals surface area contributed by atoms with Crippen molar-refractivity contribution in [3.05, 3.63) is 59.4 Å². The predicted molar refractivity (Wildman–Crippen MR) is 96.1 cm³/mol. The van der Waals surface area contributed by atoms with Crippen molar-refractivity contribution in [3.8, 4) is 0 Å². The minimum absolute atomic E-state index is 0.0819. The number of amides is 2. The lowest BCUT2D eigenvalue weighted by Gasteiger charge is -2.28. The Labute approximate surface area is 147 Å². The van der Waals surface area contributed by atoms with Crippen LogP contribution in [0, 0.1) is 0 Å². The highest BCUT2D eigenvalue weighted by atomic mass is 16.2. The van der Waals surface area contributed by atoms with Crippen molar-refractivity contribution in [2.24, 2.45) is 5.73 Å². The molecule has 0 spiro atoms. The van der Waals surface area contributed by atoms with Gasteiger partial charge in [-0.15, -0.1) is 0 Å². The third kappa shape index (κ3) is 4.09. The van der Waals surface area contributed by atoms with Gasteiger partial charge in [-0.05, 0) is 25.0 Å². The number of carbonyl (C=O) groups excluding carboxylic acids is 2. The second kappa shape index (κ2) is 7.53. The van der Waals surface area contributed by atoms with Crippen molar-refractivity contribution in [2.75, 3.05) is 19.6 Å². The van der Waals surface area contributed by atoms with Gasteiger partial charge in [-0.3, -0.25) is 14.5 Å². The molecular formula is C19H24N4O2. The molecule has 0 aliphatic carbocycles. The highest BCUT2D eigenvalue weighted by Gasteiger charge is 2.27. The first-order valence-corrected chi connectivity index (χ1v) is 8.60. The minimum atomic E-state index is -0.534. The standard InChI is InChI=1S/C19H24N4O2/c1-14-12-22(13-15-6-3-2-4-7-15)8-5-9-23(14)19(25)17-10-16(11-21-17)18(20)24/h2-4,6-7,10-11,14,21H,5,8-9,12-13H2,1H3,(H2,20,24). The summed E-state index contributed by atoms with van der Waals surface area (Å²) in [4.78, 5) is 31.1. The van der Waals surface area contributed by atoms with Crippen molar-refractivity contribution in [3.63, 3.8) is 0 Å². The van der Waals surface area contributed by atoms with Gasteiger partial charge in [0.2, 0.25) is 5.91 Å². The zero-order valence-corrected chi connectivity index (χ0v) is 14.4. The lowest BCUT2D eigenvalue weighted by atomic mass is 10.2. The lowest BCUT2D eigenvalue weighted by Crippen LogP contribution is -2.42. The number of aromatic amines is 1. The number of primary amides is 1. The second-order valence-corrected chi connectivity index (χ2v) is 6.59. The lowest BCUT2D eigenvalue weighted by molar-refractivity contribution is 0.0686. The molecule has 1 aliphatic heterocycles. The molecular weight excluding hydrogens is 316 g/mol. The number of aromatic nitrogens is 1. The SMILES string of the molecule is CC1CN(Cc2ccccc2)CCCN1C(=O)c1cc(C(N)=O)c[nH]1. The van der Waals surface area contributed by atoms with Crippen molar-refractivity contribution in [1.29, 1.82) is 0 Å². The van der Waals surface area contributed by atoms with E-state index in [4.69, 9.17) is 5.73 Å². The molecule has 1 unspecified atom stereocenters. The summed E-state index contributed by atoms with van der Waals surface area (Å²) >= 11 is 0. The summed E-state index contributed by atoms with van der Waals surface area (Å²) < 4.78 is 0. The molecule has 3 rings (SSSR count). The fourth-order valence-electron chi connectivity index (χ4n) is 3.35. The number of nitrogens with two attached hydrogens (primary N) is 1. The van der Waals surface area contributed by atoms with Crippen LogP contribution in [0.1, 0.15) is 39.8 Å². The molecule has 2 aromatic rings. The van der Waals surface area contributed by atoms with E-state index in [9.17, 15) is 9.59 Å². The molecule has 0 saturated carbocycles. The van der Waals surface area contributed by atoms with Gasteiger partial charge in [0.15, 0.2) is 0 Å². The third-order valence-electron chi connectivity index (χ3n) is 4.64. The van der Waals surface area contributed by atoms with Crippen molar-refractivity contribution >= 4 is 11.8 Å². The number of benzene rings is 1. The number of H-pyrrole nitrogens is 1. The van der Waals surface area contributed by atoms with E-state index >= 15 is 0 Å². The molecule has 1 aromatic carbocycles. The van der Waals surface area contributed by atoms with E-state index in [1.807, 2.05) is 23.1 Å². The van der Waals surface area contributed by atoms with E-state index in [2.05, 4.69) is 28.9 Å². The highest BCUT2D eigenvalue weighted by molar-refractivity contribution is 5.98. The predicted octanol–water partition coefficient (Wildman–Crippen LogP) is 1.85. The van der Waals surface area contributed by atoms with E-state index in [-0.39, 0.29) is 11.9 Å². The molecule has 2 amide bonds. The van der Waals surface area contributed by atoms with Crippen molar-refractivity contribution < 1.29 is 9.59 Å². The van der Waals surface area contributed by atoms with Crippen LogP contribution < -0.4 is 5.73 Å². The zero-order valence-electron chi connectivity index (χ0n) is 14.4. The molecule has 1 fully saturated rings. The third-order valence-corrected chi connectivity index (χ3v) is 4.64. The van der Waals surface area contributed by atoms with Gasteiger partial charge >= 0.3 is 0 Å². The normalized spacial score (nSPS) is 18.8. The average molecular weight is 340 g/mol. The maximum atomic E-state index is 12.8. The quantitative estimate of drug-likeness (QED) is 0.891. The Kier molecular flexibility index (Phi) is 5.19. The molecule has 6 nitrogen and oxygen atoms in total. The van der Waals surface area contributed by atoms with Crippen LogP contribution in [0.25, 0.3) is 0 Å². The molecule has 6 heteroatoms. The highest BCUT2D eigenvalue weighted by Crippen LogP contribution is 2.16. The summed E-state index contributed by atoms with van der Waals surface area (Å²) in [5.74, 6) is -0.616. The summed E-state index contributed by atoms with van der Waals surface area (Å²) in [6, 6.07) is 12.0. The van der Waals surface area contributed by atoms with Gasteiger partial charge in [-0.1, -0.05) is 30.3 Å². The summed E-state index contributed by atoms with van der Waals surface area (Å²) in [6.07, 6.45) is 2.41. The average Bonchev–Trinajstić information content (AvgIpc) is 3.02. The molecule has 0 radical (unpaired) electrons. The van der Waals surface area contributed by atoms with Crippen LogP contribution in [0.4, 0.5) is 0 Å². The van der Waals surface area contributed by atoms with E-state index in [0.29, 0.717) is 17.8 Å². The smallest absolute Gasteiger partial charge is 0.270 e. The number of rotatable bonds is 4. The number of nitrogens with zero attached hydrogens (tertiary/aromatic N) is 2. The molecule has 1 aromatic heterocycles. The fraction of sp³-hybridized carbons (Fsp3) is 0.368. The van der Waals surface area contributed by atoms with Gasteiger partial charge in [-0.2, -0.15) is 0 Å². The number of carbonyl (C=O) groups is 2. The maximum absolute atomic E-state index is 12.8. The van der Waals surface area contributed by atoms with E-state index in [0.717, 1.165) is 26.1 Å². The number of nitrogens with one attached hydrogen (secondary N) is 1. The Hall–Kier alpha value is -2.60. The Balaban J connectivity index is 1.67. The van der Waals surface area contributed by atoms with Crippen molar-refractivity contribution in [1.82, 2.24) is 14.8 Å². The van der Waals surface area contributed by atoms with E-state index in [1.54, 1.807) is 0 Å². The second-order valence-electron chi connectivity index (χ2n) is 6.59. The van der Waals surface area contributed by atoms with Crippen LogP contribution >= 0.6 is 0 Å². The van der Waals surface area contributed by atoms with Gasteiger partial charge in [-0.25, -0.2) is 0 Å². The van der Waals surface area contributed by atoms with Crippen LogP contribution in [0.2, 0.25) is 0 Å². The van der Waals surface area contributed by atoms with Crippen LogP contribution in [-0.4, -0.2) is 52.3 Å². The first-order valence-electron chi connectivity index (χ1n) is 8.60. The Morgan fingerprint density at radius 1 is 1.24 bits per heavy atom. The Bertz CT molecular complexity index is 741. The fourth-order valence-corrected chi connectivity index (χ4v) is 3.35. The van der Waals surface area contributed by atoms with Crippen molar-refractivity contribution in [2.45, 2.75) is 25.9 Å². The molecule has 3 N–H and O–H groups in total. The van der Waals surface area contributed by atoms with Crippen LogP contribution in [0.3, 0.4) is 0 Å². The van der Waals surface area contributed by atoms with E-state index < -0.39 is 5.91 Å². The number of hydrogen-bond donors (Lipinski definition) is 2. The van der Waals surface area contributed by atoms with Crippen LogP contribution in [-0.2, 0) is 6.54 Å². The summed E-state index contributed by atoms with van der Waals surface area (Å²) in [5.41, 5.74) is 7.29. The summed E-state index contributed by atoms with van der Waals surface area (Å²) in [6.45, 7) is 5.45. The first kappa shape index (κ1) is 17.2. The van der Waals surface area contributed by atoms with E-state index in [1.165, 1.54) is 17.8 Å².